The molecule has 9 heteroatoms. The van der Waals surface area contributed by atoms with Gasteiger partial charge in [0.1, 0.15) is 27.9 Å². The molecule has 0 aliphatic carbocycles. The molecule has 0 atom stereocenters. The lowest BCUT2D eigenvalue weighted by molar-refractivity contribution is -0.121. The molecule has 5 rings (SSSR count). The van der Waals surface area contributed by atoms with Crippen LogP contribution < -0.4 is 14.9 Å². The van der Waals surface area contributed by atoms with Gasteiger partial charge < -0.3 is 19.3 Å². The number of methoxy groups -OCH3 is 1. The maximum atomic E-state index is 12.5. The molecule has 0 aliphatic heterocycles. The summed E-state index contributed by atoms with van der Waals surface area (Å²) in [5.74, 6) is 0.120. The minimum absolute atomic E-state index is 0.285. The van der Waals surface area contributed by atoms with E-state index in [4.69, 9.17) is 25.6 Å². The number of para-hydroxylation sites is 1. The van der Waals surface area contributed by atoms with Gasteiger partial charge in [-0.2, -0.15) is 0 Å². The Balaban J connectivity index is 1.38. The second kappa shape index (κ2) is 7.23. The Morgan fingerprint density at radius 1 is 1.13 bits per heavy atom. The van der Waals surface area contributed by atoms with Crippen molar-refractivity contribution < 1.29 is 18.8 Å². The van der Waals surface area contributed by atoms with Crippen molar-refractivity contribution in [2.24, 2.45) is 0 Å². The zero-order valence-corrected chi connectivity index (χ0v) is 16.5. The minimum Gasteiger partial charge on any atom is -0.495 e. The van der Waals surface area contributed by atoms with Gasteiger partial charge in [0, 0.05) is 21.9 Å². The molecular weight excluding hydrogens is 408 g/mol. The van der Waals surface area contributed by atoms with Crippen LogP contribution in [0.1, 0.15) is 0 Å². The smallest absolute Gasteiger partial charge is 0.265 e. The van der Waals surface area contributed by atoms with E-state index < -0.39 is 5.91 Å². The number of nitrogens with one attached hydrogen (secondary N) is 1. The fourth-order valence-electron chi connectivity index (χ4n) is 3.29. The zero-order valence-electron chi connectivity index (χ0n) is 15.8. The monoisotopic (exact) mass is 422 g/mol. The van der Waals surface area contributed by atoms with Crippen molar-refractivity contribution in [3.63, 3.8) is 0 Å². The van der Waals surface area contributed by atoms with Crippen LogP contribution in [0.15, 0.2) is 59.0 Å². The van der Waals surface area contributed by atoms with Gasteiger partial charge in [0.15, 0.2) is 6.61 Å². The molecule has 30 heavy (non-hydrogen) atoms. The summed E-state index contributed by atoms with van der Waals surface area (Å²) in [5.41, 5.74) is 3.06. The van der Waals surface area contributed by atoms with Crippen LogP contribution in [0.5, 0.6) is 5.75 Å². The molecule has 2 heterocycles. The molecule has 0 radical (unpaired) electrons. The average molecular weight is 423 g/mol. The van der Waals surface area contributed by atoms with Crippen molar-refractivity contribution in [3.05, 3.63) is 59.6 Å². The van der Waals surface area contributed by atoms with Gasteiger partial charge in [0.05, 0.1) is 12.8 Å². The van der Waals surface area contributed by atoms with Crippen LogP contribution in [0, 0.1) is 0 Å². The molecular formula is C21H15ClN4O4. The number of hydrogen-bond acceptors (Lipinski definition) is 6. The largest absolute Gasteiger partial charge is 0.495 e. The van der Waals surface area contributed by atoms with E-state index in [0.717, 1.165) is 16.4 Å². The van der Waals surface area contributed by atoms with E-state index in [9.17, 15) is 4.79 Å². The predicted molar refractivity (Wildman–Crippen MR) is 113 cm³/mol. The lowest BCUT2D eigenvalue weighted by atomic mass is 10.1. The molecule has 0 saturated carbocycles. The van der Waals surface area contributed by atoms with Crippen LogP contribution in [0.2, 0.25) is 5.02 Å². The second-order valence-corrected chi connectivity index (χ2v) is 7.00. The van der Waals surface area contributed by atoms with Crippen LogP contribution in [0.25, 0.3) is 33.0 Å². The lowest BCUT2D eigenvalue weighted by Gasteiger charge is -2.11. The number of benzene rings is 3. The van der Waals surface area contributed by atoms with E-state index in [2.05, 4.69) is 15.6 Å². The van der Waals surface area contributed by atoms with Crippen molar-refractivity contribution in [1.82, 2.24) is 15.2 Å². The van der Waals surface area contributed by atoms with Crippen LogP contribution >= 0.6 is 11.6 Å². The van der Waals surface area contributed by atoms with E-state index in [0.29, 0.717) is 33.1 Å². The highest BCUT2D eigenvalue weighted by atomic mass is 35.5. The predicted octanol–water partition coefficient (Wildman–Crippen LogP) is 4.06. The maximum Gasteiger partial charge on any atom is 0.265 e. The molecule has 1 N–H and O–H groups in total. The molecule has 2 aromatic heterocycles. The number of ether oxygens (including phenoxy) is 1. The third-order valence-electron chi connectivity index (χ3n) is 4.67. The molecule has 150 valence electrons. The van der Waals surface area contributed by atoms with E-state index >= 15 is 0 Å². The van der Waals surface area contributed by atoms with Gasteiger partial charge >= 0.3 is 0 Å². The van der Waals surface area contributed by atoms with E-state index in [-0.39, 0.29) is 6.61 Å². The Kier molecular flexibility index (Phi) is 4.40. The minimum atomic E-state index is -0.394. The van der Waals surface area contributed by atoms with Gasteiger partial charge in [0.25, 0.3) is 5.91 Å². The highest BCUT2D eigenvalue weighted by Gasteiger charge is 2.15. The number of nitrogens with zero attached hydrogens (tertiary/aromatic N) is 3. The van der Waals surface area contributed by atoms with Crippen molar-refractivity contribution in [2.75, 3.05) is 19.0 Å². The summed E-state index contributed by atoms with van der Waals surface area (Å²) < 4.78 is 11.3. The first-order valence-corrected chi connectivity index (χ1v) is 9.43. The van der Waals surface area contributed by atoms with Crippen molar-refractivity contribution in [2.45, 2.75) is 0 Å². The van der Waals surface area contributed by atoms with Crippen LogP contribution in [-0.4, -0.2) is 34.8 Å². The highest BCUT2D eigenvalue weighted by Crippen LogP contribution is 2.36. The summed E-state index contributed by atoms with van der Waals surface area (Å²) in [6.45, 7) is -0.285. The summed E-state index contributed by atoms with van der Waals surface area (Å²) in [7, 11) is 1.54. The number of carbonyl (C=O) groups is 1. The fourth-order valence-corrected chi connectivity index (χ4v) is 3.46. The molecule has 1 amide bonds. The number of halogens is 1. The Morgan fingerprint density at radius 3 is 2.87 bits per heavy atom. The third-order valence-corrected chi connectivity index (χ3v) is 4.90. The average Bonchev–Trinajstić information content (AvgIpc) is 3.31. The summed E-state index contributed by atoms with van der Waals surface area (Å²) in [6, 6.07) is 16.4. The van der Waals surface area contributed by atoms with E-state index in [1.54, 1.807) is 31.4 Å². The first-order chi connectivity index (χ1) is 14.6. The topological polar surface area (TPSA) is 91.4 Å². The zero-order chi connectivity index (χ0) is 20.7. The van der Waals surface area contributed by atoms with Gasteiger partial charge in [-0.1, -0.05) is 34.6 Å². The summed E-state index contributed by atoms with van der Waals surface area (Å²) in [6.07, 6.45) is 0. The van der Waals surface area contributed by atoms with E-state index in [1.807, 2.05) is 30.3 Å². The van der Waals surface area contributed by atoms with Crippen LogP contribution in [-0.2, 0) is 4.79 Å². The Hall–Kier alpha value is -3.78. The number of fused-ring (bicyclic) bond motifs is 4. The number of carbonyl (C=O) groups excluding carboxylic acids is 1. The Morgan fingerprint density at radius 2 is 2.00 bits per heavy atom. The quantitative estimate of drug-likeness (QED) is 0.459. The third kappa shape index (κ3) is 3.17. The standard InChI is InChI=1S/C21H15ClN4O4/c1-28-20-9-14-13-4-2-3-5-18(13)30-19(14)10-16(20)23-21(27)11-29-26-17-8-12(22)6-7-15(17)24-25-26/h2-10H,11H2,1H3,(H,23,27). The molecule has 0 aliphatic rings. The second-order valence-electron chi connectivity index (χ2n) is 6.56. The number of aromatic nitrogens is 3. The normalized spacial score (nSPS) is 11.3. The van der Waals surface area contributed by atoms with Crippen molar-refractivity contribution in [1.29, 1.82) is 0 Å². The first kappa shape index (κ1) is 18.3. The Bertz CT molecular complexity index is 1410. The van der Waals surface area contributed by atoms with Gasteiger partial charge in [-0.05, 0) is 35.5 Å². The first-order valence-electron chi connectivity index (χ1n) is 9.06. The highest BCUT2D eigenvalue weighted by molar-refractivity contribution is 6.31. The van der Waals surface area contributed by atoms with E-state index in [1.165, 1.54) is 4.85 Å². The number of furan rings is 1. The molecule has 0 spiro atoms. The molecule has 5 aromatic rings. The number of hydrogen-bond donors (Lipinski definition) is 1. The molecule has 0 unspecified atom stereocenters. The fraction of sp³-hybridized carbons (Fsp3) is 0.0952. The van der Waals surface area contributed by atoms with Crippen LogP contribution in [0.4, 0.5) is 5.69 Å². The van der Waals surface area contributed by atoms with Crippen molar-refractivity contribution >= 4 is 56.2 Å². The SMILES string of the molecule is COc1cc2c(cc1NC(=O)COn1nnc3ccc(Cl)cc31)oc1ccccc12. The molecule has 0 fully saturated rings. The maximum absolute atomic E-state index is 12.5. The molecule has 0 saturated heterocycles. The molecule has 3 aromatic carbocycles. The van der Waals surface area contributed by atoms with Gasteiger partial charge in [-0.15, -0.1) is 5.10 Å². The van der Waals surface area contributed by atoms with Crippen LogP contribution in [0.3, 0.4) is 0 Å². The van der Waals surface area contributed by atoms with Gasteiger partial charge in [0.2, 0.25) is 0 Å². The lowest BCUT2D eigenvalue weighted by Crippen LogP contribution is -2.26. The molecule has 8 nitrogen and oxygen atoms in total. The number of anilines is 1. The number of amides is 1. The van der Waals surface area contributed by atoms with Gasteiger partial charge in [-0.25, -0.2) is 0 Å². The number of rotatable bonds is 5. The summed E-state index contributed by atoms with van der Waals surface area (Å²) in [4.78, 5) is 19.1. The van der Waals surface area contributed by atoms with Crippen molar-refractivity contribution in [3.8, 4) is 5.75 Å². The van der Waals surface area contributed by atoms with Gasteiger partial charge in [-0.3, -0.25) is 4.79 Å². The Labute approximate surface area is 174 Å². The molecule has 0 bridgehead atoms. The summed E-state index contributed by atoms with van der Waals surface area (Å²) >= 11 is 6.00. The summed E-state index contributed by atoms with van der Waals surface area (Å²) in [5, 5.41) is 13.0.